The number of phenols is 1. The molecule has 0 atom stereocenters. The van der Waals surface area contributed by atoms with Gasteiger partial charge in [-0.3, -0.25) is 9.59 Å². The predicted octanol–water partition coefficient (Wildman–Crippen LogP) is 0.647. The lowest BCUT2D eigenvalue weighted by Gasteiger charge is -2.22. The normalized spacial score (nSPS) is 11.0. The monoisotopic (exact) mass is 295 g/mol. The third-order valence-electron chi connectivity index (χ3n) is 3.27. The summed E-state index contributed by atoms with van der Waals surface area (Å²) < 4.78 is 4.99. The SMILES string of the molecule is COc1cc(CC(=O)C(C)(C)C(=O)NCCO)ccc1O. The first kappa shape index (κ1) is 17.0. The van der Waals surface area contributed by atoms with E-state index < -0.39 is 11.3 Å². The van der Waals surface area contributed by atoms with Gasteiger partial charge < -0.3 is 20.3 Å². The Morgan fingerprint density at radius 3 is 2.57 bits per heavy atom. The van der Waals surface area contributed by atoms with Crippen LogP contribution in [0.3, 0.4) is 0 Å². The number of aliphatic hydroxyl groups is 1. The topological polar surface area (TPSA) is 95.9 Å². The average Bonchev–Trinajstić information content (AvgIpc) is 2.46. The summed E-state index contributed by atoms with van der Waals surface area (Å²) in [5.74, 6) is -0.408. The van der Waals surface area contributed by atoms with Crippen LogP contribution in [-0.4, -0.2) is 42.2 Å². The summed E-state index contributed by atoms with van der Waals surface area (Å²) in [7, 11) is 1.42. The summed E-state index contributed by atoms with van der Waals surface area (Å²) in [6.07, 6.45) is 0.0518. The van der Waals surface area contributed by atoms with E-state index in [1.54, 1.807) is 26.0 Å². The highest BCUT2D eigenvalue weighted by Gasteiger charge is 2.35. The minimum atomic E-state index is -1.19. The second-order valence-corrected chi connectivity index (χ2v) is 5.21. The van der Waals surface area contributed by atoms with Crippen LogP contribution in [0, 0.1) is 5.41 Å². The van der Waals surface area contributed by atoms with Crippen molar-refractivity contribution < 1.29 is 24.5 Å². The minimum absolute atomic E-state index is 0.00588. The molecule has 116 valence electrons. The van der Waals surface area contributed by atoms with Crippen molar-refractivity contribution in [3.05, 3.63) is 23.8 Å². The molecule has 0 aromatic heterocycles. The Hall–Kier alpha value is -2.08. The van der Waals surface area contributed by atoms with E-state index in [2.05, 4.69) is 5.32 Å². The van der Waals surface area contributed by atoms with Gasteiger partial charge in [0.05, 0.1) is 13.7 Å². The number of aliphatic hydroxyl groups excluding tert-OH is 1. The summed E-state index contributed by atoms with van der Waals surface area (Å²) in [4.78, 5) is 24.2. The zero-order valence-electron chi connectivity index (χ0n) is 12.5. The van der Waals surface area contributed by atoms with E-state index in [-0.39, 0.29) is 36.9 Å². The molecule has 6 nitrogen and oxygen atoms in total. The van der Waals surface area contributed by atoms with Crippen molar-refractivity contribution in [1.29, 1.82) is 0 Å². The van der Waals surface area contributed by atoms with Crippen molar-refractivity contribution in [3.63, 3.8) is 0 Å². The molecule has 0 aliphatic rings. The Morgan fingerprint density at radius 2 is 2.00 bits per heavy atom. The molecule has 0 spiro atoms. The molecule has 0 unspecified atom stereocenters. The minimum Gasteiger partial charge on any atom is -0.504 e. The zero-order chi connectivity index (χ0) is 16.0. The number of ether oxygens (including phenoxy) is 1. The van der Waals surface area contributed by atoms with Crippen LogP contribution < -0.4 is 10.1 Å². The molecular formula is C15H21NO5. The standard InChI is InChI=1S/C15H21NO5/c1-15(2,14(20)16-6-7-17)13(19)9-10-4-5-11(18)12(8-10)21-3/h4-5,8,17-18H,6-7,9H2,1-3H3,(H,16,20). The van der Waals surface area contributed by atoms with Crippen molar-refractivity contribution in [3.8, 4) is 11.5 Å². The van der Waals surface area contributed by atoms with Gasteiger partial charge >= 0.3 is 0 Å². The molecule has 0 saturated carbocycles. The number of methoxy groups -OCH3 is 1. The zero-order valence-corrected chi connectivity index (χ0v) is 12.5. The molecule has 6 heteroatoms. The summed E-state index contributed by atoms with van der Waals surface area (Å²) in [6, 6.07) is 4.62. The van der Waals surface area contributed by atoms with E-state index in [4.69, 9.17) is 9.84 Å². The van der Waals surface area contributed by atoms with Crippen molar-refractivity contribution >= 4 is 11.7 Å². The highest BCUT2D eigenvalue weighted by Crippen LogP contribution is 2.28. The Labute approximate surface area is 123 Å². The Kier molecular flexibility index (Phi) is 5.72. The van der Waals surface area contributed by atoms with Crippen LogP contribution in [0.25, 0.3) is 0 Å². The lowest BCUT2D eigenvalue weighted by Crippen LogP contribution is -2.44. The van der Waals surface area contributed by atoms with Crippen LogP contribution in [-0.2, 0) is 16.0 Å². The molecule has 0 saturated heterocycles. The third kappa shape index (κ3) is 4.19. The van der Waals surface area contributed by atoms with Gasteiger partial charge in [-0.05, 0) is 31.5 Å². The highest BCUT2D eigenvalue weighted by molar-refractivity contribution is 6.05. The summed E-state index contributed by atoms with van der Waals surface area (Å²) in [5, 5.41) is 20.7. The molecule has 1 aromatic rings. The van der Waals surface area contributed by atoms with Gasteiger partial charge in [0.15, 0.2) is 17.3 Å². The lowest BCUT2D eigenvalue weighted by atomic mass is 9.84. The molecule has 1 rings (SSSR count). The molecular weight excluding hydrogens is 274 g/mol. The molecule has 0 fully saturated rings. The van der Waals surface area contributed by atoms with Gasteiger partial charge in [0.1, 0.15) is 5.41 Å². The molecule has 0 aliphatic carbocycles. The maximum Gasteiger partial charge on any atom is 0.233 e. The number of amides is 1. The Bertz CT molecular complexity index is 525. The maximum atomic E-state index is 12.3. The van der Waals surface area contributed by atoms with E-state index in [0.717, 1.165) is 0 Å². The Balaban J connectivity index is 2.82. The number of ketones is 1. The number of phenolic OH excluding ortho intramolecular Hbond substituents is 1. The van der Waals surface area contributed by atoms with Crippen LogP contribution in [0.2, 0.25) is 0 Å². The number of Topliss-reactive ketones (excluding diaryl/α,β-unsaturated/α-hetero) is 1. The number of carbonyl (C=O) groups excluding carboxylic acids is 2. The van der Waals surface area contributed by atoms with Gasteiger partial charge in [-0.15, -0.1) is 0 Å². The van der Waals surface area contributed by atoms with Crippen LogP contribution >= 0.6 is 0 Å². The van der Waals surface area contributed by atoms with Crippen molar-refractivity contribution in [2.24, 2.45) is 5.41 Å². The number of hydrogen-bond donors (Lipinski definition) is 3. The first-order chi connectivity index (χ1) is 9.82. The van der Waals surface area contributed by atoms with Crippen LogP contribution in [0.4, 0.5) is 0 Å². The summed E-state index contributed by atoms with van der Waals surface area (Å²) in [5.41, 5.74) is -0.544. The summed E-state index contributed by atoms with van der Waals surface area (Å²) in [6.45, 7) is 3.02. The highest BCUT2D eigenvalue weighted by atomic mass is 16.5. The van der Waals surface area contributed by atoms with Crippen molar-refractivity contribution in [1.82, 2.24) is 5.32 Å². The quantitative estimate of drug-likeness (QED) is 0.642. The second-order valence-electron chi connectivity index (χ2n) is 5.21. The first-order valence-electron chi connectivity index (χ1n) is 6.61. The fourth-order valence-corrected chi connectivity index (χ4v) is 1.76. The maximum absolute atomic E-state index is 12.3. The molecule has 21 heavy (non-hydrogen) atoms. The van der Waals surface area contributed by atoms with Gasteiger partial charge in [0.2, 0.25) is 5.91 Å². The Morgan fingerprint density at radius 1 is 1.33 bits per heavy atom. The molecule has 0 bridgehead atoms. The summed E-state index contributed by atoms with van der Waals surface area (Å²) >= 11 is 0. The number of benzene rings is 1. The van der Waals surface area contributed by atoms with Crippen LogP contribution in [0.15, 0.2) is 18.2 Å². The van der Waals surface area contributed by atoms with Gasteiger partial charge in [0.25, 0.3) is 0 Å². The average molecular weight is 295 g/mol. The number of rotatable bonds is 7. The number of hydrogen-bond acceptors (Lipinski definition) is 5. The van der Waals surface area contributed by atoms with Crippen molar-refractivity contribution in [2.75, 3.05) is 20.3 Å². The number of carbonyl (C=O) groups is 2. The fraction of sp³-hybridized carbons (Fsp3) is 0.467. The van der Waals surface area contributed by atoms with Crippen LogP contribution in [0.1, 0.15) is 19.4 Å². The van der Waals surface area contributed by atoms with E-state index in [1.165, 1.54) is 13.2 Å². The van der Waals surface area contributed by atoms with Crippen LogP contribution in [0.5, 0.6) is 11.5 Å². The largest absolute Gasteiger partial charge is 0.504 e. The number of aromatic hydroxyl groups is 1. The van der Waals surface area contributed by atoms with Gasteiger partial charge in [0, 0.05) is 13.0 Å². The van der Waals surface area contributed by atoms with Crippen molar-refractivity contribution in [2.45, 2.75) is 20.3 Å². The predicted molar refractivity (Wildman–Crippen MR) is 77.2 cm³/mol. The molecule has 0 aliphatic heterocycles. The van der Waals surface area contributed by atoms with Gasteiger partial charge in [-0.25, -0.2) is 0 Å². The lowest BCUT2D eigenvalue weighted by molar-refractivity contribution is -0.139. The third-order valence-corrected chi connectivity index (χ3v) is 3.27. The van der Waals surface area contributed by atoms with E-state index in [1.807, 2.05) is 0 Å². The second kappa shape index (κ2) is 7.08. The van der Waals surface area contributed by atoms with E-state index in [0.29, 0.717) is 5.56 Å². The number of nitrogens with one attached hydrogen (secondary N) is 1. The van der Waals surface area contributed by atoms with E-state index >= 15 is 0 Å². The molecule has 0 heterocycles. The van der Waals surface area contributed by atoms with E-state index in [9.17, 15) is 14.7 Å². The fourth-order valence-electron chi connectivity index (χ4n) is 1.76. The molecule has 1 aromatic carbocycles. The molecule has 3 N–H and O–H groups in total. The van der Waals surface area contributed by atoms with Gasteiger partial charge in [-0.1, -0.05) is 6.07 Å². The van der Waals surface area contributed by atoms with Gasteiger partial charge in [-0.2, -0.15) is 0 Å². The smallest absolute Gasteiger partial charge is 0.233 e. The molecule has 0 radical (unpaired) electrons. The molecule has 1 amide bonds. The first-order valence-corrected chi connectivity index (χ1v) is 6.61.